The average Bonchev–Trinajstić information content (AvgIpc) is 2.81. The molecule has 0 spiro atoms. The molecule has 1 saturated carbocycles. The molecule has 37 heavy (non-hydrogen) atoms. The summed E-state index contributed by atoms with van der Waals surface area (Å²) in [5, 5.41) is 44.6. The van der Waals surface area contributed by atoms with Crippen LogP contribution in [-0.2, 0) is 20.8 Å². The van der Waals surface area contributed by atoms with Crippen LogP contribution in [0.25, 0.3) is 16.9 Å². The van der Waals surface area contributed by atoms with E-state index in [-0.39, 0.29) is 29.7 Å². The van der Waals surface area contributed by atoms with Crippen LogP contribution in [0.3, 0.4) is 0 Å². The minimum Gasteiger partial charge on any atom is -0.508 e. The number of nitrogens with two attached hydrogens (primary N) is 1. The number of phenolic OH excluding ortho intramolecular Hbond substituents is 1. The Morgan fingerprint density at radius 3 is 2.43 bits per heavy atom. The summed E-state index contributed by atoms with van der Waals surface area (Å²) in [5.74, 6) is -6.61. The first kappa shape index (κ1) is 24.7. The van der Waals surface area contributed by atoms with Crippen molar-refractivity contribution in [3.8, 4) is 16.9 Å². The molecule has 1 amide bonds. The van der Waals surface area contributed by atoms with Crippen LogP contribution in [0.5, 0.6) is 5.75 Å². The third-order valence-electron chi connectivity index (χ3n) is 7.93. The molecule has 9 nitrogen and oxygen atoms in total. The van der Waals surface area contributed by atoms with Gasteiger partial charge in [-0.1, -0.05) is 35.9 Å². The zero-order valence-corrected chi connectivity index (χ0v) is 20.6. The van der Waals surface area contributed by atoms with E-state index in [1.165, 1.54) is 11.0 Å². The van der Waals surface area contributed by atoms with E-state index in [4.69, 9.17) is 5.73 Å². The van der Waals surface area contributed by atoms with Gasteiger partial charge in [0.1, 0.15) is 22.8 Å². The molecule has 3 aliphatic carbocycles. The number of aromatic hydroxyl groups is 1. The molecule has 2 aromatic rings. The van der Waals surface area contributed by atoms with Gasteiger partial charge in [0.15, 0.2) is 11.4 Å². The predicted octanol–water partition coefficient (Wildman–Crippen LogP) is 1.94. The Hall–Kier alpha value is -3.95. The standard InChI is InChI=1S/C28H28N2O7/c1-12-5-4-6-13(9-12)15-7-8-18(31)20-16(15)10-14-11-17-22(30(2)3)24(33)21(27(29)36)26(35)28(17,37)25(34)19(14)23(20)32/h4-9,14,17,22,31-32,35,37H,10-11H2,1-3H3,(H2,29,36)/t14-,17-,22-,28-/m0/s1. The number of nitrogens with zero attached hydrogens (tertiary/aromatic N) is 1. The normalized spacial score (nSPS) is 27.2. The highest BCUT2D eigenvalue weighted by Gasteiger charge is 2.64. The number of aliphatic hydroxyl groups is 3. The quantitative estimate of drug-likeness (QED) is 0.396. The number of Topliss-reactive ketones (excluding diaryl/α,β-unsaturated/α-hetero) is 2. The maximum Gasteiger partial charge on any atom is 0.255 e. The lowest BCUT2D eigenvalue weighted by atomic mass is 9.57. The molecule has 0 bridgehead atoms. The first-order valence-electron chi connectivity index (χ1n) is 12.0. The summed E-state index contributed by atoms with van der Waals surface area (Å²) in [7, 11) is 3.14. The van der Waals surface area contributed by atoms with Gasteiger partial charge in [0, 0.05) is 11.5 Å². The van der Waals surface area contributed by atoms with E-state index in [1.54, 1.807) is 20.2 Å². The second-order valence-electron chi connectivity index (χ2n) is 10.3. The van der Waals surface area contributed by atoms with Crippen LogP contribution < -0.4 is 5.73 Å². The van der Waals surface area contributed by atoms with E-state index in [0.717, 1.165) is 16.7 Å². The summed E-state index contributed by atoms with van der Waals surface area (Å²) in [6, 6.07) is 9.82. The number of hydrogen-bond donors (Lipinski definition) is 5. The molecular formula is C28H28N2O7. The van der Waals surface area contributed by atoms with Crippen molar-refractivity contribution in [2.75, 3.05) is 14.1 Å². The van der Waals surface area contributed by atoms with Crippen molar-refractivity contribution >= 4 is 23.2 Å². The maximum atomic E-state index is 13.9. The Kier molecular flexibility index (Phi) is 5.54. The van der Waals surface area contributed by atoms with Gasteiger partial charge in [-0.05, 0) is 62.5 Å². The number of hydrogen-bond acceptors (Lipinski definition) is 8. The van der Waals surface area contributed by atoms with Crippen LogP contribution in [-0.4, -0.2) is 68.5 Å². The zero-order chi connectivity index (χ0) is 27.0. The smallest absolute Gasteiger partial charge is 0.255 e. The molecule has 0 aromatic heterocycles. The van der Waals surface area contributed by atoms with E-state index in [1.807, 2.05) is 31.2 Å². The van der Waals surface area contributed by atoms with Gasteiger partial charge in [0.05, 0.1) is 11.6 Å². The number of carbonyl (C=O) groups is 3. The zero-order valence-electron chi connectivity index (χ0n) is 20.6. The number of primary amides is 1. The van der Waals surface area contributed by atoms with Gasteiger partial charge in [-0.2, -0.15) is 0 Å². The van der Waals surface area contributed by atoms with Crippen molar-refractivity contribution < 1.29 is 34.8 Å². The van der Waals surface area contributed by atoms with E-state index >= 15 is 0 Å². The van der Waals surface area contributed by atoms with Crippen molar-refractivity contribution in [2.45, 2.75) is 31.4 Å². The van der Waals surface area contributed by atoms with E-state index in [9.17, 15) is 34.8 Å². The van der Waals surface area contributed by atoms with Crippen molar-refractivity contribution in [3.63, 3.8) is 0 Å². The summed E-state index contributed by atoms with van der Waals surface area (Å²) >= 11 is 0. The molecule has 0 heterocycles. The molecule has 0 saturated heterocycles. The van der Waals surface area contributed by atoms with Gasteiger partial charge in [-0.15, -0.1) is 0 Å². The van der Waals surface area contributed by atoms with Crippen molar-refractivity contribution in [2.24, 2.45) is 17.6 Å². The Bertz CT molecular complexity index is 1450. The number of ketones is 2. The van der Waals surface area contributed by atoms with Crippen molar-refractivity contribution in [1.29, 1.82) is 0 Å². The second kappa shape index (κ2) is 8.29. The molecule has 2 aromatic carbocycles. The summed E-state index contributed by atoms with van der Waals surface area (Å²) < 4.78 is 0. The molecule has 0 radical (unpaired) electrons. The predicted molar refractivity (Wildman–Crippen MR) is 134 cm³/mol. The molecule has 0 aliphatic heterocycles. The van der Waals surface area contributed by atoms with Crippen LogP contribution in [0.1, 0.15) is 23.1 Å². The summed E-state index contributed by atoms with van der Waals surface area (Å²) in [5.41, 5.74) is 5.10. The number of benzene rings is 2. The van der Waals surface area contributed by atoms with Gasteiger partial charge in [-0.25, -0.2) is 0 Å². The Morgan fingerprint density at radius 1 is 1.11 bits per heavy atom. The van der Waals surface area contributed by atoms with Crippen LogP contribution in [0.4, 0.5) is 0 Å². The topological polar surface area (TPSA) is 161 Å². The fraction of sp³-hybridized carbons (Fsp3) is 0.321. The third-order valence-corrected chi connectivity index (χ3v) is 7.93. The highest BCUT2D eigenvalue weighted by atomic mass is 16.3. The monoisotopic (exact) mass is 504 g/mol. The average molecular weight is 505 g/mol. The Morgan fingerprint density at radius 2 is 1.81 bits per heavy atom. The number of fused-ring (bicyclic) bond motifs is 3. The summed E-state index contributed by atoms with van der Waals surface area (Å²) in [4.78, 5) is 40.6. The summed E-state index contributed by atoms with van der Waals surface area (Å²) in [6.07, 6.45) is 0.293. The number of phenols is 1. The Labute approximate surface area is 213 Å². The minimum absolute atomic E-state index is 0.0503. The minimum atomic E-state index is -2.64. The molecule has 192 valence electrons. The van der Waals surface area contributed by atoms with E-state index in [2.05, 4.69) is 0 Å². The second-order valence-corrected chi connectivity index (χ2v) is 10.3. The number of carbonyl (C=O) groups excluding carboxylic acids is 3. The highest BCUT2D eigenvalue weighted by molar-refractivity contribution is 6.24. The molecule has 1 fully saturated rings. The van der Waals surface area contributed by atoms with Gasteiger partial charge >= 0.3 is 0 Å². The van der Waals surface area contributed by atoms with Gasteiger partial charge < -0.3 is 26.2 Å². The van der Waals surface area contributed by atoms with Gasteiger partial charge in [0.25, 0.3) is 5.91 Å². The number of rotatable bonds is 3. The highest BCUT2D eigenvalue weighted by Crippen LogP contribution is 2.53. The van der Waals surface area contributed by atoms with E-state index in [0.29, 0.717) is 5.56 Å². The maximum absolute atomic E-state index is 13.9. The third kappa shape index (κ3) is 3.34. The van der Waals surface area contributed by atoms with Gasteiger partial charge in [0.2, 0.25) is 5.78 Å². The first-order chi connectivity index (χ1) is 17.4. The van der Waals surface area contributed by atoms with Gasteiger partial charge in [-0.3, -0.25) is 19.3 Å². The van der Waals surface area contributed by atoms with Crippen LogP contribution in [0, 0.1) is 18.8 Å². The number of likely N-dealkylation sites (N-methyl/N-ethyl adjacent to an activating group) is 1. The fourth-order valence-electron chi connectivity index (χ4n) is 6.33. The molecule has 6 N–H and O–H groups in total. The molecule has 3 aliphatic rings. The fourth-order valence-corrected chi connectivity index (χ4v) is 6.33. The molecule has 4 atom stereocenters. The van der Waals surface area contributed by atoms with Crippen LogP contribution in [0.15, 0.2) is 53.3 Å². The molecule has 0 unspecified atom stereocenters. The largest absolute Gasteiger partial charge is 0.508 e. The molecule has 5 rings (SSSR count). The SMILES string of the molecule is Cc1cccc(-c2ccc(O)c3c2C[C@H]2C[C@H]4[C@H](N(C)C)C(=O)C(C(N)=O)=C(O)[C@@]4(O)C(=O)C2=C3O)c1. The summed E-state index contributed by atoms with van der Waals surface area (Å²) in [6.45, 7) is 1.95. The van der Waals surface area contributed by atoms with Crippen molar-refractivity contribution in [3.05, 3.63) is 70.0 Å². The molecular weight excluding hydrogens is 476 g/mol. The number of aryl methyl sites for hydroxylation is 1. The lowest BCUT2D eigenvalue weighted by Gasteiger charge is -2.50. The lowest BCUT2D eigenvalue weighted by Crippen LogP contribution is -2.65. The first-order valence-corrected chi connectivity index (χ1v) is 12.0. The van der Waals surface area contributed by atoms with Crippen LogP contribution in [0.2, 0.25) is 0 Å². The number of aliphatic hydroxyl groups excluding tert-OH is 2. The lowest BCUT2D eigenvalue weighted by molar-refractivity contribution is -0.153. The van der Waals surface area contributed by atoms with Crippen molar-refractivity contribution in [1.82, 2.24) is 4.90 Å². The van der Waals surface area contributed by atoms with Crippen LogP contribution >= 0.6 is 0 Å². The van der Waals surface area contributed by atoms with E-state index < -0.39 is 58.0 Å². The molecule has 9 heteroatoms. The Balaban J connectivity index is 1.75. The number of amides is 1.